The van der Waals surface area contributed by atoms with Gasteiger partial charge in [-0.05, 0) is 67.0 Å². The number of ketones is 1. The molecule has 1 fully saturated rings. The van der Waals surface area contributed by atoms with Crippen LogP contribution in [-0.4, -0.2) is 66.5 Å². The van der Waals surface area contributed by atoms with Gasteiger partial charge in [-0.2, -0.15) is 0 Å². The van der Waals surface area contributed by atoms with Gasteiger partial charge < -0.3 is 29.1 Å². The fraction of sp³-hybridized carbons (Fsp3) is 0.371. The molecule has 1 unspecified atom stereocenters. The van der Waals surface area contributed by atoms with Crippen molar-refractivity contribution in [1.82, 2.24) is 9.80 Å². The van der Waals surface area contributed by atoms with Gasteiger partial charge in [0.15, 0.2) is 11.5 Å². The number of amides is 1. The SMILES string of the molecule is CCCCOc1ccc(C2C(=C(O)c3ccc(OCc4ccccc4)cc3)C(=O)C(=O)N2CCN(CC)CC)cc1OC. The molecule has 0 aliphatic carbocycles. The second kappa shape index (κ2) is 15.3. The topological polar surface area (TPSA) is 88.5 Å². The maximum absolute atomic E-state index is 13.5. The number of rotatable bonds is 15. The van der Waals surface area contributed by atoms with E-state index in [4.69, 9.17) is 14.2 Å². The molecule has 8 heteroatoms. The highest BCUT2D eigenvalue weighted by Crippen LogP contribution is 2.42. The Morgan fingerprint density at radius 1 is 0.907 bits per heavy atom. The van der Waals surface area contributed by atoms with Crippen molar-refractivity contribution in [3.8, 4) is 17.2 Å². The van der Waals surface area contributed by atoms with Gasteiger partial charge in [-0.25, -0.2) is 0 Å². The molecule has 3 aromatic rings. The van der Waals surface area contributed by atoms with Gasteiger partial charge in [0.1, 0.15) is 18.1 Å². The number of unbranched alkanes of at least 4 members (excludes halogenated alkanes) is 1. The van der Waals surface area contributed by atoms with Gasteiger partial charge in [-0.1, -0.05) is 63.6 Å². The summed E-state index contributed by atoms with van der Waals surface area (Å²) in [4.78, 5) is 30.7. The molecular formula is C35H42N2O6. The zero-order valence-corrected chi connectivity index (χ0v) is 25.5. The molecule has 4 rings (SSSR count). The lowest BCUT2D eigenvalue weighted by atomic mass is 9.95. The molecule has 3 aromatic carbocycles. The van der Waals surface area contributed by atoms with Crippen molar-refractivity contribution in [3.63, 3.8) is 0 Å². The molecule has 1 saturated heterocycles. The summed E-state index contributed by atoms with van der Waals surface area (Å²) in [5.74, 6) is 0.136. The summed E-state index contributed by atoms with van der Waals surface area (Å²) in [5, 5.41) is 11.5. The molecule has 1 atom stereocenters. The Morgan fingerprint density at radius 3 is 2.28 bits per heavy atom. The third-order valence-corrected chi connectivity index (χ3v) is 7.73. The summed E-state index contributed by atoms with van der Waals surface area (Å²) < 4.78 is 17.4. The summed E-state index contributed by atoms with van der Waals surface area (Å²) in [7, 11) is 1.56. The van der Waals surface area contributed by atoms with Crippen LogP contribution in [0.25, 0.3) is 5.76 Å². The van der Waals surface area contributed by atoms with Gasteiger partial charge in [-0.3, -0.25) is 9.59 Å². The van der Waals surface area contributed by atoms with Crippen molar-refractivity contribution < 1.29 is 28.9 Å². The molecule has 1 heterocycles. The summed E-state index contributed by atoms with van der Waals surface area (Å²) >= 11 is 0. The van der Waals surface area contributed by atoms with Crippen LogP contribution in [0.2, 0.25) is 0 Å². The molecule has 1 amide bonds. The van der Waals surface area contributed by atoms with Gasteiger partial charge in [0.25, 0.3) is 11.7 Å². The number of benzene rings is 3. The highest BCUT2D eigenvalue weighted by atomic mass is 16.5. The third-order valence-electron chi connectivity index (χ3n) is 7.73. The van der Waals surface area contributed by atoms with Crippen molar-refractivity contribution in [2.75, 3.05) is 39.9 Å². The quantitative estimate of drug-likeness (QED) is 0.0980. The lowest BCUT2D eigenvalue weighted by Crippen LogP contribution is -2.38. The molecule has 0 saturated carbocycles. The first-order chi connectivity index (χ1) is 20.9. The first kappa shape index (κ1) is 31.6. The summed E-state index contributed by atoms with van der Waals surface area (Å²) in [6.45, 7) is 9.74. The van der Waals surface area contributed by atoms with Crippen LogP contribution in [0.5, 0.6) is 17.2 Å². The summed E-state index contributed by atoms with van der Waals surface area (Å²) in [6.07, 6.45) is 1.91. The van der Waals surface area contributed by atoms with Crippen molar-refractivity contribution in [1.29, 1.82) is 0 Å². The minimum absolute atomic E-state index is 0.0456. The number of likely N-dealkylation sites (tertiary alicyclic amines) is 1. The Morgan fingerprint density at radius 2 is 1.63 bits per heavy atom. The molecule has 0 spiro atoms. The monoisotopic (exact) mass is 586 g/mol. The molecule has 0 aromatic heterocycles. The minimum Gasteiger partial charge on any atom is -0.507 e. The lowest BCUT2D eigenvalue weighted by Gasteiger charge is -2.28. The predicted octanol–water partition coefficient (Wildman–Crippen LogP) is 6.22. The number of aliphatic hydroxyl groups is 1. The van der Waals surface area contributed by atoms with Gasteiger partial charge in [0, 0.05) is 18.7 Å². The Bertz CT molecular complexity index is 1400. The molecular weight excluding hydrogens is 544 g/mol. The second-order valence-electron chi connectivity index (χ2n) is 10.4. The molecule has 228 valence electrons. The molecule has 43 heavy (non-hydrogen) atoms. The number of hydrogen-bond acceptors (Lipinski definition) is 7. The van der Waals surface area contributed by atoms with Gasteiger partial charge in [0.05, 0.1) is 25.3 Å². The average Bonchev–Trinajstić information content (AvgIpc) is 3.30. The fourth-order valence-corrected chi connectivity index (χ4v) is 5.15. The fourth-order valence-electron chi connectivity index (χ4n) is 5.15. The van der Waals surface area contributed by atoms with Crippen molar-refractivity contribution in [2.45, 2.75) is 46.3 Å². The largest absolute Gasteiger partial charge is 0.507 e. The Hall–Kier alpha value is -4.30. The van der Waals surface area contributed by atoms with E-state index in [1.807, 2.05) is 36.4 Å². The maximum Gasteiger partial charge on any atom is 0.295 e. The molecule has 8 nitrogen and oxygen atoms in total. The molecule has 1 aliphatic rings. The standard InChI is InChI=1S/C35H42N2O6/c1-5-8-22-42-29-19-16-27(23-30(29)41-4)32-31(34(39)35(40)37(32)21-20-36(6-2)7-3)33(38)26-14-17-28(18-15-26)43-24-25-12-10-9-11-13-25/h9-19,23,32,38H,5-8,20-22,24H2,1-4H3. The number of hydrogen-bond donors (Lipinski definition) is 1. The number of carbonyl (C=O) groups excluding carboxylic acids is 2. The highest BCUT2D eigenvalue weighted by molar-refractivity contribution is 6.46. The van der Waals surface area contributed by atoms with E-state index in [0.717, 1.165) is 31.5 Å². The summed E-state index contributed by atoms with van der Waals surface area (Å²) in [5.41, 5.74) is 2.16. The van der Waals surface area contributed by atoms with E-state index in [1.165, 1.54) is 0 Å². The van der Waals surface area contributed by atoms with Crippen LogP contribution in [-0.2, 0) is 16.2 Å². The number of nitrogens with zero attached hydrogens (tertiary/aromatic N) is 2. The smallest absolute Gasteiger partial charge is 0.295 e. The van der Waals surface area contributed by atoms with Gasteiger partial charge >= 0.3 is 0 Å². The molecule has 1 aliphatic heterocycles. The van der Waals surface area contributed by atoms with E-state index in [-0.39, 0.29) is 11.3 Å². The Kier molecular flexibility index (Phi) is 11.2. The number of likely N-dealkylation sites (N-methyl/N-ethyl adjacent to an activating group) is 1. The maximum atomic E-state index is 13.5. The summed E-state index contributed by atoms with van der Waals surface area (Å²) in [6, 6.07) is 21.3. The van der Waals surface area contributed by atoms with Crippen LogP contribution in [0, 0.1) is 0 Å². The normalized spacial score (nSPS) is 16.1. The van der Waals surface area contributed by atoms with Crippen molar-refractivity contribution in [3.05, 3.63) is 95.1 Å². The average molecular weight is 587 g/mol. The van der Waals surface area contributed by atoms with Crippen LogP contribution in [0.15, 0.2) is 78.4 Å². The van der Waals surface area contributed by atoms with E-state index in [0.29, 0.717) is 54.7 Å². The Labute approximate surface area is 254 Å². The van der Waals surface area contributed by atoms with Crippen molar-refractivity contribution in [2.24, 2.45) is 0 Å². The van der Waals surface area contributed by atoms with Crippen molar-refractivity contribution >= 4 is 17.4 Å². The van der Waals surface area contributed by atoms with E-state index >= 15 is 0 Å². The number of ether oxygens (including phenoxy) is 3. The van der Waals surface area contributed by atoms with Gasteiger partial charge in [0.2, 0.25) is 0 Å². The number of methoxy groups -OCH3 is 1. The van der Waals surface area contributed by atoms with Crippen LogP contribution in [0.4, 0.5) is 0 Å². The first-order valence-electron chi connectivity index (χ1n) is 15.0. The number of Topliss-reactive ketones (excluding diaryl/α,β-unsaturated/α-hetero) is 1. The minimum atomic E-state index is -0.789. The van der Waals surface area contributed by atoms with Gasteiger partial charge in [-0.15, -0.1) is 0 Å². The van der Waals surface area contributed by atoms with Crippen LogP contribution in [0.3, 0.4) is 0 Å². The van der Waals surface area contributed by atoms with E-state index < -0.39 is 17.7 Å². The second-order valence-corrected chi connectivity index (χ2v) is 10.4. The zero-order valence-electron chi connectivity index (χ0n) is 25.5. The highest BCUT2D eigenvalue weighted by Gasteiger charge is 2.46. The third kappa shape index (κ3) is 7.56. The molecule has 0 bridgehead atoms. The Balaban J connectivity index is 1.69. The first-order valence-corrected chi connectivity index (χ1v) is 15.0. The van der Waals surface area contributed by atoms with Crippen LogP contribution in [0.1, 0.15) is 56.3 Å². The predicted molar refractivity (Wildman–Crippen MR) is 167 cm³/mol. The van der Waals surface area contributed by atoms with E-state index in [2.05, 4.69) is 25.7 Å². The zero-order chi connectivity index (χ0) is 30.8. The lowest BCUT2D eigenvalue weighted by molar-refractivity contribution is -0.140. The molecule has 1 N–H and O–H groups in total. The van der Waals surface area contributed by atoms with E-state index in [1.54, 1.807) is 48.4 Å². The van der Waals surface area contributed by atoms with Crippen LogP contribution < -0.4 is 14.2 Å². The van der Waals surface area contributed by atoms with Crippen LogP contribution >= 0.6 is 0 Å². The number of carbonyl (C=O) groups is 2. The number of aliphatic hydroxyl groups excluding tert-OH is 1. The molecule has 0 radical (unpaired) electrons. The van der Waals surface area contributed by atoms with E-state index in [9.17, 15) is 14.7 Å².